The summed E-state index contributed by atoms with van der Waals surface area (Å²) in [4.78, 5) is 8.77. The van der Waals surface area contributed by atoms with Crippen LogP contribution in [-0.2, 0) is 6.42 Å². The number of nitrogens with zero attached hydrogens (tertiary/aromatic N) is 2. The van der Waals surface area contributed by atoms with Crippen LogP contribution >= 0.6 is 24.0 Å². The standard InChI is InChI=1S/C19H26N4O2.HI/c1-5-21-19(22-11-9-15-8-10-20-13-14(15)2)23-16-6-7-17(24-3)18(12-16)25-4;/h6-8,10,12-13H,5,9,11H2,1-4H3,(H2,21,22,23);1H. The van der Waals surface area contributed by atoms with Gasteiger partial charge in [0, 0.05) is 37.2 Å². The number of benzene rings is 1. The number of aliphatic imine (C=N–C) groups is 1. The predicted molar refractivity (Wildman–Crippen MR) is 117 cm³/mol. The van der Waals surface area contributed by atoms with Crippen LogP contribution in [0.4, 0.5) is 5.69 Å². The highest BCUT2D eigenvalue weighted by Gasteiger charge is 2.06. The van der Waals surface area contributed by atoms with Crippen LogP contribution in [0.15, 0.2) is 41.7 Å². The molecule has 26 heavy (non-hydrogen) atoms. The van der Waals surface area contributed by atoms with Crippen LogP contribution in [0.1, 0.15) is 18.1 Å². The third-order valence-corrected chi connectivity index (χ3v) is 3.78. The number of methoxy groups -OCH3 is 2. The van der Waals surface area contributed by atoms with Gasteiger partial charge in [-0.05, 0) is 49.6 Å². The molecule has 0 aliphatic heterocycles. The van der Waals surface area contributed by atoms with Gasteiger partial charge in [-0.25, -0.2) is 0 Å². The van der Waals surface area contributed by atoms with Crippen molar-refractivity contribution in [3.63, 3.8) is 0 Å². The average Bonchev–Trinajstić information content (AvgIpc) is 2.63. The highest BCUT2D eigenvalue weighted by atomic mass is 127. The summed E-state index contributed by atoms with van der Waals surface area (Å²) >= 11 is 0. The molecule has 1 heterocycles. The van der Waals surface area contributed by atoms with Gasteiger partial charge in [0.1, 0.15) is 0 Å². The average molecular weight is 470 g/mol. The van der Waals surface area contributed by atoms with Crippen LogP contribution in [-0.4, -0.2) is 38.3 Å². The first-order valence-electron chi connectivity index (χ1n) is 8.34. The minimum absolute atomic E-state index is 0. The van der Waals surface area contributed by atoms with Crippen molar-refractivity contribution < 1.29 is 9.47 Å². The Labute approximate surface area is 172 Å². The molecule has 0 aliphatic carbocycles. The van der Waals surface area contributed by atoms with Crippen molar-refractivity contribution >= 4 is 35.6 Å². The number of hydrogen-bond donors (Lipinski definition) is 2. The van der Waals surface area contributed by atoms with Crippen molar-refractivity contribution in [2.45, 2.75) is 20.3 Å². The third-order valence-electron chi connectivity index (χ3n) is 3.78. The van der Waals surface area contributed by atoms with Gasteiger partial charge in [0.15, 0.2) is 17.5 Å². The summed E-state index contributed by atoms with van der Waals surface area (Å²) in [5, 5.41) is 6.55. The summed E-state index contributed by atoms with van der Waals surface area (Å²) in [6.45, 7) is 5.58. The van der Waals surface area contributed by atoms with Gasteiger partial charge in [-0.1, -0.05) is 0 Å². The molecule has 7 heteroatoms. The van der Waals surface area contributed by atoms with Gasteiger partial charge in [0.2, 0.25) is 0 Å². The SMILES string of the molecule is CCNC(=NCCc1ccncc1C)Nc1ccc(OC)c(OC)c1.I. The molecule has 142 valence electrons. The van der Waals surface area contributed by atoms with Gasteiger partial charge < -0.3 is 20.1 Å². The topological polar surface area (TPSA) is 67.8 Å². The Hall–Kier alpha value is -2.03. The molecule has 0 atom stereocenters. The Kier molecular flexibility index (Phi) is 9.79. The molecule has 0 saturated heterocycles. The maximum Gasteiger partial charge on any atom is 0.195 e. The summed E-state index contributed by atoms with van der Waals surface area (Å²) in [7, 11) is 3.25. The number of anilines is 1. The smallest absolute Gasteiger partial charge is 0.195 e. The summed E-state index contributed by atoms with van der Waals surface area (Å²) < 4.78 is 10.6. The molecule has 0 spiro atoms. The van der Waals surface area contributed by atoms with Gasteiger partial charge in [0.05, 0.1) is 14.2 Å². The lowest BCUT2D eigenvalue weighted by Crippen LogP contribution is -2.30. The zero-order valence-corrected chi connectivity index (χ0v) is 18.0. The molecular weight excluding hydrogens is 443 g/mol. The molecule has 1 aromatic heterocycles. The van der Waals surface area contributed by atoms with Crippen molar-refractivity contribution in [1.29, 1.82) is 0 Å². The van der Waals surface area contributed by atoms with Crippen LogP contribution in [0.5, 0.6) is 11.5 Å². The zero-order chi connectivity index (χ0) is 18.1. The number of nitrogens with one attached hydrogen (secondary N) is 2. The van der Waals surface area contributed by atoms with E-state index in [1.165, 1.54) is 11.1 Å². The van der Waals surface area contributed by atoms with E-state index < -0.39 is 0 Å². The number of hydrogen-bond acceptors (Lipinski definition) is 4. The second-order valence-electron chi connectivity index (χ2n) is 5.51. The monoisotopic (exact) mass is 470 g/mol. The van der Waals surface area contributed by atoms with Crippen LogP contribution in [0.3, 0.4) is 0 Å². The van der Waals surface area contributed by atoms with Crippen molar-refractivity contribution in [3.05, 3.63) is 47.8 Å². The largest absolute Gasteiger partial charge is 0.493 e. The van der Waals surface area contributed by atoms with E-state index in [0.717, 1.165) is 24.6 Å². The quantitative estimate of drug-likeness (QED) is 0.368. The number of aromatic nitrogens is 1. The molecule has 2 rings (SSSR count). The van der Waals surface area contributed by atoms with E-state index in [9.17, 15) is 0 Å². The van der Waals surface area contributed by atoms with E-state index in [1.807, 2.05) is 43.6 Å². The van der Waals surface area contributed by atoms with Gasteiger partial charge in [-0.15, -0.1) is 24.0 Å². The number of guanidine groups is 1. The molecule has 6 nitrogen and oxygen atoms in total. The Morgan fingerprint density at radius 2 is 1.92 bits per heavy atom. The number of rotatable bonds is 7. The Morgan fingerprint density at radius 3 is 2.58 bits per heavy atom. The lowest BCUT2D eigenvalue weighted by Gasteiger charge is -2.14. The number of ether oxygens (including phenoxy) is 2. The predicted octanol–water partition coefficient (Wildman–Crippen LogP) is 3.65. The van der Waals surface area contributed by atoms with Crippen molar-refractivity contribution in [3.8, 4) is 11.5 Å². The number of halogens is 1. The minimum Gasteiger partial charge on any atom is -0.493 e. The second kappa shape index (κ2) is 11.6. The maximum atomic E-state index is 5.34. The van der Waals surface area contributed by atoms with E-state index >= 15 is 0 Å². The molecular formula is C19H27IN4O2. The molecule has 2 aromatic rings. The van der Waals surface area contributed by atoms with Crippen molar-refractivity contribution in [1.82, 2.24) is 10.3 Å². The first kappa shape index (κ1) is 22.0. The van der Waals surface area contributed by atoms with E-state index in [4.69, 9.17) is 9.47 Å². The lowest BCUT2D eigenvalue weighted by atomic mass is 10.1. The van der Waals surface area contributed by atoms with Crippen molar-refractivity contribution in [2.24, 2.45) is 4.99 Å². The highest BCUT2D eigenvalue weighted by Crippen LogP contribution is 2.29. The fourth-order valence-electron chi connectivity index (χ4n) is 2.43. The molecule has 0 fully saturated rings. The normalized spacial score (nSPS) is 10.7. The Morgan fingerprint density at radius 1 is 1.15 bits per heavy atom. The lowest BCUT2D eigenvalue weighted by molar-refractivity contribution is 0.355. The zero-order valence-electron chi connectivity index (χ0n) is 15.7. The van der Waals surface area contributed by atoms with E-state index in [2.05, 4.69) is 27.5 Å². The van der Waals surface area contributed by atoms with Gasteiger partial charge in [0.25, 0.3) is 0 Å². The molecule has 1 aromatic carbocycles. The van der Waals surface area contributed by atoms with Crippen LogP contribution in [0.2, 0.25) is 0 Å². The first-order chi connectivity index (χ1) is 12.2. The van der Waals surface area contributed by atoms with Crippen LogP contribution in [0.25, 0.3) is 0 Å². The molecule has 0 aliphatic rings. The van der Waals surface area contributed by atoms with Crippen LogP contribution in [0, 0.1) is 6.92 Å². The fraction of sp³-hybridized carbons (Fsp3) is 0.368. The molecule has 0 amide bonds. The third kappa shape index (κ3) is 6.36. The first-order valence-corrected chi connectivity index (χ1v) is 8.34. The fourth-order valence-corrected chi connectivity index (χ4v) is 2.43. The van der Waals surface area contributed by atoms with E-state index in [1.54, 1.807) is 14.2 Å². The number of aryl methyl sites for hydroxylation is 1. The summed E-state index contributed by atoms with van der Waals surface area (Å²) in [6, 6.07) is 7.73. The van der Waals surface area contributed by atoms with Crippen LogP contribution < -0.4 is 20.1 Å². The van der Waals surface area contributed by atoms with Gasteiger partial charge >= 0.3 is 0 Å². The number of pyridine rings is 1. The van der Waals surface area contributed by atoms with E-state index in [-0.39, 0.29) is 24.0 Å². The van der Waals surface area contributed by atoms with Gasteiger partial charge in [-0.3, -0.25) is 9.98 Å². The molecule has 2 N–H and O–H groups in total. The molecule has 0 bridgehead atoms. The van der Waals surface area contributed by atoms with Crippen molar-refractivity contribution in [2.75, 3.05) is 32.6 Å². The van der Waals surface area contributed by atoms with Gasteiger partial charge in [-0.2, -0.15) is 0 Å². The Bertz CT molecular complexity index is 722. The minimum atomic E-state index is 0. The summed E-state index contributed by atoms with van der Waals surface area (Å²) in [6.07, 6.45) is 4.57. The maximum absolute atomic E-state index is 5.34. The van der Waals surface area contributed by atoms with E-state index in [0.29, 0.717) is 18.0 Å². The highest BCUT2D eigenvalue weighted by molar-refractivity contribution is 14.0. The Balaban J connectivity index is 0.00000338. The molecule has 0 saturated carbocycles. The second-order valence-corrected chi connectivity index (χ2v) is 5.51. The summed E-state index contributed by atoms with van der Waals surface area (Å²) in [5.41, 5.74) is 3.34. The molecule has 0 radical (unpaired) electrons. The summed E-state index contributed by atoms with van der Waals surface area (Å²) in [5.74, 6) is 2.11. The molecule has 0 unspecified atom stereocenters.